The normalized spacial score (nSPS) is 25.8. The summed E-state index contributed by atoms with van der Waals surface area (Å²) >= 11 is 0. The Balaban J connectivity index is 1.43. The Bertz CT molecular complexity index is 1200. The minimum atomic E-state index is -0.937. The van der Waals surface area contributed by atoms with E-state index in [0.29, 0.717) is 34.0 Å². The zero-order valence-corrected chi connectivity index (χ0v) is 17.7. The number of anilines is 1. The highest BCUT2D eigenvalue weighted by Crippen LogP contribution is 2.39. The number of nitrogens with zero attached hydrogens (tertiary/aromatic N) is 6. The van der Waals surface area contributed by atoms with Crippen LogP contribution in [0, 0.1) is 0 Å². The molecule has 0 amide bonds. The van der Waals surface area contributed by atoms with E-state index < -0.39 is 6.17 Å². The molecule has 4 heterocycles. The number of benzene rings is 1. The van der Waals surface area contributed by atoms with Gasteiger partial charge in [-0.15, -0.1) is 10.2 Å². The molecule has 0 radical (unpaired) electrons. The first-order chi connectivity index (χ1) is 14.8. The number of aromatic hydroxyl groups is 1. The number of halogens is 1. The molecule has 1 aromatic carbocycles. The highest BCUT2D eigenvalue weighted by Gasteiger charge is 2.47. The molecule has 0 spiro atoms. The molecule has 5 rings (SSSR count). The summed E-state index contributed by atoms with van der Waals surface area (Å²) in [5.41, 5.74) is 1.14. The number of piperidine rings is 1. The predicted molar refractivity (Wildman–Crippen MR) is 116 cm³/mol. The van der Waals surface area contributed by atoms with Crippen molar-refractivity contribution in [3.8, 4) is 17.0 Å². The summed E-state index contributed by atoms with van der Waals surface area (Å²) in [6.45, 7) is 0. The Labute approximate surface area is 179 Å². The lowest BCUT2D eigenvalue weighted by Crippen LogP contribution is -2.56. The largest absolute Gasteiger partial charge is 0.507 e. The molecule has 2 fully saturated rings. The molecule has 2 saturated heterocycles. The Kier molecular flexibility index (Phi) is 4.65. The van der Waals surface area contributed by atoms with Gasteiger partial charge in [0.1, 0.15) is 11.9 Å². The monoisotopic (exact) mass is 424 g/mol. The number of alkyl halides is 1. The second kappa shape index (κ2) is 7.26. The topological polar surface area (TPSA) is 87.4 Å². The molecule has 2 aromatic heterocycles. The van der Waals surface area contributed by atoms with E-state index in [-0.39, 0.29) is 23.4 Å². The minimum Gasteiger partial charge on any atom is -0.507 e. The van der Waals surface area contributed by atoms with E-state index in [0.717, 1.165) is 19.3 Å². The van der Waals surface area contributed by atoms with Crippen LogP contribution >= 0.6 is 0 Å². The van der Waals surface area contributed by atoms with Crippen molar-refractivity contribution in [1.82, 2.24) is 24.6 Å². The van der Waals surface area contributed by atoms with Crippen molar-refractivity contribution in [2.45, 2.75) is 43.6 Å². The van der Waals surface area contributed by atoms with Gasteiger partial charge in [0.05, 0.1) is 29.0 Å². The summed E-state index contributed by atoms with van der Waals surface area (Å²) in [4.78, 5) is 20.6. The van der Waals surface area contributed by atoms with Crippen LogP contribution in [0.2, 0.25) is 0 Å². The first-order valence-electron chi connectivity index (χ1n) is 10.5. The SMILES string of the molecule is CN1C2CCC1[C@H](F)[C@H](N(C)c1ccc(-c3cc4ncn(C)c(=O)c4cc3O)nn1)C2. The summed E-state index contributed by atoms with van der Waals surface area (Å²) < 4.78 is 16.5. The minimum absolute atomic E-state index is 0.0341. The van der Waals surface area contributed by atoms with E-state index in [1.54, 1.807) is 25.2 Å². The number of hydrogen-bond donors (Lipinski definition) is 1. The lowest BCUT2D eigenvalue weighted by molar-refractivity contribution is 0.0701. The average molecular weight is 424 g/mol. The van der Waals surface area contributed by atoms with Crippen LogP contribution in [0.25, 0.3) is 22.2 Å². The second-order valence-electron chi connectivity index (χ2n) is 8.65. The van der Waals surface area contributed by atoms with Crippen molar-refractivity contribution in [1.29, 1.82) is 0 Å². The molecule has 31 heavy (non-hydrogen) atoms. The second-order valence-corrected chi connectivity index (χ2v) is 8.65. The molecular formula is C22H25FN6O2. The van der Waals surface area contributed by atoms with E-state index >= 15 is 4.39 Å². The molecule has 2 bridgehead atoms. The van der Waals surface area contributed by atoms with Gasteiger partial charge in [-0.05, 0) is 50.6 Å². The fourth-order valence-corrected chi connectivity index (χ4v) is 5.02. The van der Waals surface area contributed by atoms with Gasteiger partial charge in [-0.3, -0.25) is 9.69 Å². The molecule has 0 aliphatic carbocycles. The van der Waals surface area contributed by atoms with E-state index in [9.17, 15) is 9.90 Å². The molecule has 2 aliphatic rings. The molecular weight excluding hydrogens is 399 g/mol. The summed E-state index contributed by atoms with van der Waals surface area (Å²) in [6, 6.07) is 6.71. The first-order valence-corrected chi connectivity index (χ1v) is 10.5. The van der Waals surface area contributed by atoms with E-state index in [4.69, 9.17) is 0 Å². The lowest BCUT2D eigenvalue weighted by Gasteiger charge is -2.43. The van der Waals surface area contributed by atoms with Gasteiger partial charge >= 0.3 is 0 Å². The fraction of sp³-hybridized carbons (Fsp3) is 0.455. The first kappa shape index (κ1) is 19.9. The van der Waals surface area contributed by atoms with Crippen molar-refractivity contribution < 1.29 is 9.50 Å². The highest BCUT2D eigenvalue weighted by molar-refractivity contribution is 5.86. The molecule has 9 heteroatoms. The molecule has 4 atom stereocenters. The lowest BCUT2D eigenvalue weighted by atomic mass is 9.95. The third-order valence-electron chi connectivity index (χ3n) is 6.96. The van der Waals surface area contributed by atoms with Gasteiger partial charge in [-0.2, -0.15) is 0 Å². The zero-order valence-electron chi connectivity index (χ0n) is 17.7. The van der Waals surface area contributed by atoms with Crippen molar-refractivity contribution in [3.63, 3.8) is 0 Å². The van der Waals surface area contributed by atoms with Crippen LogP contribution < -0.4 is 10.5 Å². The Morgan fingerprint density at radius 2 is 2.00 bits per heavy atom. The maximum Gasteiger partial charge on any atom is 0.261 e. The number of fused-ring (bicyclic) bond motifs is 3. The molecule has 0 saturated carbocycles. The Hall–Kier alpha value is -3.07. The molecule has 3 aromatic rings. The summed E-state index contributed by atoms with van der Waals surface area (Å²) in [6.07, 6.45) is 3.20. The maximum absolute atomic E-state index is 15.1. The summed E-state index contributed by atoms with van der Waals surface area (Å²) in [7, 11) is 5.48. The van der Waals surface area contributed by atoms with Gasteiger partial charge < -0.3 is 14.6 Å². The van der Waals surface area contributed by atoms with Gasteiger partial charge in [-0.25, -0.2) is 9.37 Å². The quantitative estimate of drug-likeness (QED) is 0.689. The van der Waals surface area contributed by atoms with Crippen LogP contribution in [0.5, 0.6) is 5.75 Å². The standard InChI is InChI=1S/C22H25FN6O2/c1-27-11-24-16-9-13(19(30)10-14(16)22(27)31)15-5-7-20(26-25-15)29(3)18-8-12-4-6-17(21(18)23)28(12)2/h5,7,9-12,17-18,21,30H,4,6,8H2,1-3H3/t12?,17?,18-,21+/m1/s1. The van der Waals surface area contributed by atoms with E-state index in [2.05, 4.69) is 20.1 Å². The van der Waals surface area contributed by atoms with Crippen molar-refractivity contribution >= 4 is 16.7 Å². The highest BCUT2D eigenvalue weighted by atomic mass is 19.1. The number of phenolic OH excluding ortho intramolecular Hbond substituents is 1. The Morgan fingerprint density at radius 1 is 1.19 bits per heavy atom. The van der Waals surface area contributed by atoms with E-state index in [1.165, 1.54) is 17.0 Å². The Morgan fingerprint density at radius 3 is 2.74 bits per heavy atom. The third kappa shape index (κ3) is 3.15. The number of hydrogen-bond acceptors (Lipinski definition) is 7. The van der Waals surface area contributed by atoms with Crippen molar-refractivity contribution in [2.24, 2.45) is 7.05 Å². The van der Waals surface area contributed by atoms with Crippen molar-refractivity contribution in [3.05, 3.63) is 40.9 Å². The molecule has 162 valence electrons. The van der Waals surface area contributed by atoms with Crippen LogP contribution in [0.1, 0.15) is 19.3 Å². The van der Waals surface area contributed by atoms with Crippen LogP contribution in [0.4, 0.5) is 10.2 Å². The zero-order chi connectivity index (χ0) is 21.9. The number of aryl methyl sites for hydroxylation is 1. The van der Waals surface area contributed by atoms with Gasteiger partial charge in [0.15, 0.2) is 5.82 Å². The molecule has 2 aliphatic heterocycles. The van der Waals surface area contributed by atoms with Crippen LogP contribution in [0.3, 0.4) is 0 Å². The summed E-state index contributed by atoms with van der Waals surface area (Å²) in [5.74, 6) is 0.524. The number of rotatable bonds is 3. The van der Waals surface area contributed by atoms with Gasteiger partial charge in [0.2, 0.25) is 0 Å². The molecule has 1 N–H and O–H groups in total. The molecule has 2 unspecified atom stereocenters. The number of phenols is 1. The number of aromatic nitrogens is 4. The van der Waals surface area contributed by atoms with Gasteiger partial charge in [0.25, 0.3) is 5.56 Å². The van der Waals surface area contributed by atoms with Gasteiger partial charge in [-0.1, -0.05) is 0 Å². The summed E-state index contributed by atoms with van der Waals surface area (Å²) in [5, 5.41) is 19.4. The smallest absolute Gasteiger partial charge is 0.261 e. The van der Waals surface area contributed by atoms with Gasteiger partial charge in [0, 0.05) is 31.7 Å². The van der Waals surface area contributed by atoms with Crippen LogP contribution in [-0.4, -0.2) is 68.1 Å². The van der Waals surface area contributed by atoms with E-state index in [1.807, 2.05) is 19.0 Å². The van der Waals surface area contributed by atoms with Crippen molar-refractivity contribution in [2.75, 3.05) is 19.0 Å². The third-order valence-corrected chi connectivity index (χ3v) is 6.96. The molecule has 8 nitrogen and oxygen atoms in total. The fourth-order valence-electron chi connectivity index (χ4n) is 5.02. The van der Waals surface area contributed by atoms with Crippen LogP contribution in [-0.2, 0) is 7.05 Å². The predicted octanol–water partition coefficient (Wildman–Crippen LogP) is 2.11. The van der Waals surface area contributed by atoms with Crippen LogP contribution in [0.15, 0.2) is 35.4 Å². The average Bonchev–Trinajstić information content (AvgIpc) is 3.03. The maximum atomic E-state index is 15.1.